The molecule has 0 unspecified atom stereocenters. The second-order valence-corrected chi connectivity index (χ2v) is 20.2. The number of hydrogen-bond donors (Lipinski definition) is 0. The van der Waals surface area contributed by atoms with Gasteiger partial charge in [0.25, 0.3) is 0 Å². The summed E-state index contributed by atoms with van der Waals surface area (Å²) in [5, 5.41) is 4.84. The van der Waals surface area contributed by atoms with Crippen molar-refractivity contribution in [1.29, 1.82) is 0 Å². The number of anilines is 6. The molecule has 2 nitrogen and oxygen atoms in total. The van der Waals surface area contributed by atoms with Gasteiger partial charge in [-0.15, -0.1) is 0 Å². The number of para-hydroxylation sites is 2. The number of rotatable bonds is 8. The van der Waals surface area contributed by atoms with Gasteiger partial charge < -0.3 is 9.80 Å². The minimum Gasteiger partial charge on any atom is -0.310 e. The smallest absolute Gasteiger partial charge is 0.0561 e. The lowest BCUT2D eigenvalue weighted by molar-refractivity contribution is 0.660. The van der Waals surface area contributed by atoms with Crippen LogP contribution in [0.3, 0.4) is 0 Å². The van der Waals surface area contributed by atoms with E-state index in [0.29, 0.717) is 0 Å². The molecule has 0 N–H and O–H groups in total. The second kappa shape index (κ2) is 16.1. The van der Waals surface area contributed by atoms with Gasteiger partial charge in [-0.1, -0.05) is 198 Å². The lowest BCUT2D eigenvalue weighted by Gasteiger charge is -2.32. The average Bonchev–Trinajstić information content (AvgIpc) is 3.77. The van der Waals surface area contributed by atoms with Gasteiger partial charge in [-0.2, -0.15) is 0 Å². The molecule has 0 bridgehead atoms. The monoisotopic (exact) mass is 896 g/mol. The van der Waals surface area contributed by atoms with Gasteiger partial charge in [0, 0.05) is 44.7 Å². The van der Waals surface area contributed by atoms with Crippen LogP contribution in [0, 0.1) is 0 Å². The van der Waals surface area contributed by atoms with Gasteiger partial charge in [-0.3, -0.25) is 0 Å². The molecule has 2 heteroatoms. The zero-order chi connectivity index (χ0) is 47.1. The Hall–Kier alpha value is -8.46. The molecule has 0 heterocycles. The summed E-state index contributed by atoms with van der Waals surface area (Å²) in [5.41, 5.74) is 21.8. The minimum atomic E-state index is -0.220. The normalized spacial score (nSPS) is 13.7. The molecular weight excluding hydrogens is 845 g/mol. The van der Waals surface area contributed by atoms with E-state index in [0.717, 1.165) is 34.1 Å². The lowest BCUT2D eigenvalue weighted by atomic mass is 9.81. The molecule has 2 aliphatic rings. The van der Waals surface area contributed by atoms with E-state index in [-0.39, 0.29) is 10.8 Å². The summed E-state index contributed by atoms with van der Waals surface area (Å²) >= 11 is 0. The highest BCUT2D eigenvalue weighted by Gasteiger charge is 2.38. The van der Waals surface area contributed by atoms with Crippen LogP contribution in [0.1, 0.15) is 49.9 Å². The highest BCUT2D eigenvalue weighted by molar-refractivity contribution is 6.15. The molecule has 0 amide bonds. The first-order chi connectivity index (χ1) is 34.2. The van der Waals surface area contributed by atoms with Crippen LogP contribution in [-0.2, 0) is 10.8 Å². The largest absolute Gasteiger partial charge is 0.310 e. The van der Waals surface area contributed by atoms with Crippen LogP contribution in [0.5, 0.6) is 0 Å². The molecule has 13 rings (SSSR count). The Morgan fingerprint density at radius 3 is 1.21 bits per heavy atom. The van der Waals surface area contributed by atoms with Crippen LogP contribution in [0.15, 0.2) is 243 Å². The summed E-state index contributed by atoms with van der Waals surface area (Å²) < 4.78 is 0. The first-order valence-electron chi connectivity index (χ1n) is 24.6. The Kier molecular flexibility index (Phi) is 9.58. The molecular formula is C68H52N2. The van der Waals surface area contributed by atoms with E-state index in [1.165, 1.54) is 88.3 Å². The molecule has 11 aromatic carbocycles. The Bertz CT molecular complexity index is 3820. The predicted molar refractivity (Wildman–Crippen MR) is 297 cm³/mol. The van der Waals surface area contributed by atoms with E-state index >= 15 is 0 Å². The lowest BCUT2D eigenvalue weighted by Crippen LogP contribution is -2.18. The van der Waals surface area contributed by atoms with Gasteiger partial charge >= 0.3 is 0 Å². The van der Waals surface area contributed by atoms with Crippen molar-refractivity contribution >= 4 is 55.7 Å². The van der Waals surface area contributed by atoms with E-state index in [9.17, 15) is 0 Å². The zero-order valence-electron chi connectivity index (χ0n) is 40.0. The number of fused-ring (bicyclic) bond motifs is 9. The molecule has 70 heavy (non-hydrogen) atoms. The molecule has 334 valence electrons. The van der Waals surface area contributed by atoms with E-state index < -0.39 is 0 Å². The summed E-state index contributed by atoms with van der Waals surface area (Å²) in [6.07, 6.45) is 0. The Balaban J connectivity index is 1.01. The van der Waals surface area contributed by atoms with Crippen molar-refractivity contribution in [2.24, 2.45) is 0 Å². The highest BCUT2D eigenvalue weighted by atomic mass is 15.2. The first-order valence-corrected chi connectivity index (χ1v) is 24.6. The zero-order valence-corrected chi connectivity index (χ0v) is 40.0. The van der Waals surface area contributed by atoms with Crippen molar-refractivity contribution in [3.63, 3.8) is 0 Å². The topological polar surface area (TPSA) is 6.48 Å². The van der Waals surface area contributed by atoms with Crippen molar-refractivity contribution < 1.29 is 0 Å². The van der Waals surface area contributed by atoms with E-state index in [4.69, 9.17) is 0 Å². The molecule has 0 fully saturated rings. The summed E-state index contributed by atoms with van der Waals surface area (Å²) in [6, 6.07) is 90.0. The number of nitrogens with zero attached hydrogens (tertiary/aromatic N) is 2. The third-order valence-electron chi connectivity index (χ3n) is 15.4. The van der Waals surface area contributed by atoms with E-state index in [1.54, 1.807) is 0 Å². The molecule has 0 saturated carbocycles. The minimum absolute atomic E-state index is 0.215. The van der Waals surface area contributed by atoms with E-state index in [2.05, 4.69) is 280 Å². The quantitative estimate of drug-likeness (QED) is 0.140. The number of hydrogen-bond acceptors (Lipinski definition) is 2. The van der Waals surface area contributed by atoms with Crippen molar-refractivity contribution in [1.82, 2.24) is 0 Å². The van der Waals surface area contributed by atoms with Crippen molar-refractivity contribution in [2.45, 2.75) is 38.5 Å². The van der Waals surface area contributed by atoms with Gasteiger partial charge in [-0.05, 0) is 156 Å². The molecule has 0 aromatic heterocycles. The summed E-state index contributed by atoms with van der Waals surface area (Å²) in [5.74, 6) is 0. The van der Waals surface area contributed by atoms with Crippen molar-refractivity contribution in [2.75, 3.05) is 9.80 Å². The van der Waals surface area contributed by atoms with Gasteiger partial charge in [0.2, 0.25) is 0 Å². The van der Waals surface area contributed by atoms with Gasteiger partial charge in [0.1, 0.15) is 0 Å². The van der Waals surface area contributed by atoms with Gasteiger partial charge in [0.15, 0.2) is 0 Å². The van der Waals surface area contributed by atoms with Crippen molar-refractivity contribution in [3.8, 4) is 44.5 Å². The maximum atomic E-state index is 2.49. The van der Waals surface area contributed by atoms with Crippen LogP contribution < -0.4 is 9.80 Å². The molecule has 0 atom stereocenters. The average molecular weight is 897 g/mol. The third kappa shape index (κ3) is 6.62. The maximum Gasteiger partial charge on any atom is 0.0561 e. The molecule has 0 radical (unpaired) electrons. The Morgan fingerprint density at radius 2 is 0.686 bits per heavy atom. The fourth-order valence-electron chi connectivity index (χ4n) is 11.8. The fraction of sp³-hybridized carbons (Fsp3) is 0.0882. The molecule has 0 spiro atoms. The molecule has 0 saturated heterocycles. The fourth-order valence-corrected chi connectivity index (χ4v) is 11.8. The number of benzene rings is 11. The first kappa shape index (κ1) is 41.7. The second-order valence-electron chi connectivity index (χ2n) is 20.2. The van der Waals surface area contributed by atoms with E-state index in [1.807, 2.05) is 0 Å². The van der Waals surface area contributed by atoms with Crippen LogP contribution in [-0.4, -0.2) is 0 Å². The predicted octanol–water partition coefficient (Wildman–Crippen LogP) is 18.9. The van der Waals surface area contributed by atoms with Crippen LogP contribution in [0.25, 0.3) is 66.1 Å². The highest BCUT2D eigenvalue weighted by Crippen LogP contribution is 2.55. The summed E-state index contributed by atoms with van der Waals surface area (Å²) in [4.78, 5) is 4.96. The van der Waals surface area contributed by atoms with Crippen LogP contribution >= 0.6 is 0 Å². The third-order valence-corrected chi connectivity index (χ3v) is 15.4. The van der Waals surface area contributed by atoms with Crippen LogP contribution in [0.2, 0.25) is 0 Å². The molecule has 2 aliphatic carbocycles. The molecule has 0 aliphatic heterocycles. The van der Waals surface area contributed by atoms with Crippen molar-refractivity contribution in [3.05, 3.63) is 265 Å². The Labute approximate surface area is 411 Å². The standard InChI is InChI=1S/C68H52N2/c1-67(2)62-39-48(45-19-9-5-10-20-45)30-34-56(62)58-37-32-52(42-64(58)67)69(50-24-13-7-14-25-50)54-41-61-55-28-18-17-23-47(55)29-36-60(61)66(44-54)70(51-26-15-8-16-27-51)53-33-38-59-57-35-31-49(46-21-11-6-12-22-46)40-63(57)68(3,4)65(59)43-53/h5-44H,1-4H3. The summed E-state index contributed by atoms with van der Waals surface area (Å²) in [6.45, 7) is 9.56. The summed E-state index contributed by atoms with van der Waals surface area (Å²) in [7, 11) is 0. The molecule has 11 aromatic rings. The Morgan fingerprint density at radius 1 is 0.257 bits per heavy atom. The maximum absolute atomic E-state index is 2.49. The van der Waals surface area contributed by atoms with Gasteiger partial charge in [-0.25, -0.2) is 0 Å². The van der Waals surface area contributed by atoms with Gasteiger partial charge in [0.05, 0.1) is 5.69 Å². The van der Waals surface area contributed by atoms with Crippen LogP contribution in [0.4, 0.5) is 34.1 Å². The SMILES string of the molecule is CC1(C)c2cc(-c3ccccc3)ccc2-c2ccc(N(c3ccccc3)c3cc(N(c4ccccc4)c4ccc5c(c4)C(C)(C)c4cc(-c6ccccc6)ccc4-5)c4ccc5ccccc5c4c3)cc21.